The van der Waals surface area contributed by atoms with Gasteiger partial charge < -0.3 is 5.73 Å². The standard InChI is InChI=1S/C13H13N3O3S/c14-11-8-6-10(7-9-11)13(17)15-16-20(18,19)12-4-2-1-3-5-12/h1-9,16H,14H2,(H,15,17). The van der Waals surface area contributed by atoms with Crippen molar-refractivity contribution >= 4 is 21.6 Å². The number of hydrogen-bond donors (Lipinski definition) is 3. The fourth-order valence-corrected chi connectivity index (χ4v) is 2.34. The van der Waals surface area contributed by atoms with Crippen LogP contribution in [0.1, 0.15) is 10.4 Å². The Hall–Kier alpha value is -2.38. The summed E-state index contributed by atoms with van der Waals surface area (Å²) < 4.78 is 23.8. The summed E-state index contributed by atoms with van der Waals surface area (Å²) in [7, 11) is -3.78. The summed E-state index contributed by atoms with van der Waals surface area (Å²) >= 11 is 0. The maximum absolute atomic E-state index is 11.9. The second-order valence-corrected chi connectivity index (χ2v) is 5.68. The molecule has 2 rings (SSSR count). The highest BCUT2D eigenvalue weighted by atomic mass is 32.2. The van der Waals surface area contributed by atoms with Crippen LogP contribution < -0.4 is 16.0 Å². The minimum atomic E-state index is -3.78. The van der Waals surface area contributed by atoms with E-state index >= 15 is 0 Å². The smallest absolute Gasteiger partial charge is 0.266 e. The van der Waals surface area contributed by atoms with E-state index in [1.54, 1.807) is 30.3 Å². The van der Waals surface area contributed by atoms with Crippen LogP contribution in [-0.4, -0.2) is 14.3 Å². The third kappa shape index (κ3) is 3.34. The molecule has 0 aliphatic heterocycles. The summed E-state index contributed by atoms with van der Waals surface area (Å²) in [6, 6.07) is 13.9. The number of carbonyl (C=O) groups is 1. The monoisotopic (exact) mass is 291 g/mol. The first-order valence-corrected chi connectivity index (χ1v) is 7.20. The third-order valence-electron chi connectivity index (χ3n) is 2.53. The van der Waals surface area contributed by atoms with Gasteiger partial charge in [-0.05, 0) is 36.4 Å². The Morgan fingerprint density at radius 1 is 0.950 bits per heavy atom. The van der Waals surface area contributed by atoms with Crippen molar-refractivity contribution < 1.29 is 13.2 Å². The van der Waals surface area contributed by atoms with E-state index < -0.39 is 15.9 Å². The van der Waals surface area contributed by atoms with Crippen LogP contribution in [0.4, 0.5) is 5.69 Å². The van der Waals surface area contributed by atoms with Gasteiger partial charge in [-0.25, -0.2) is 8.42 Å². The van der Waals surface area contributed by atoms with Gasteiger partial charge in [0.1, 0.15) is 0 Å². The molecule has 0 spiro atoms. The molecule has 0 saturated carbocycles. The van der Waals surface area contributed by atoms with E-state index in [0.29, 0.717) is 11.3 Å². The van der Waals surface area contributed by atoms with Crippen LogP contribution >= 0.6 is 0 Å². The van der Waals surface area contributed by atoms with E-state index in [1.807, 2.05) is 4.83 Å². The molecule has 7 heteroatoms. The molecule has 6 nitrogen and oxygen atoms in total. The first-order chi connectivity index (χ1) is 9.49. The van der Waals surface area contributed by atoms with Gasteiger partial charge in [0, 0.05) is 11.3 Å². The lowest BCUT2D eigenvalue weighted by Gasteiger charge is -2.08. The number of nitrogens with one attached hydrogen (secondary N) is 2. The Balaban J connectivity index is 2.05. The largest absolute Gasteiger partial charge is 0.399 e. The van der Waals surface area contributed by atoms with Gasteiger partial charge in [0.2, 0.25) is 0 Å². The Morgan fingerprint density at radius 2 is 1.55 bits per heavy atom. The molecular weight excluding hydrogens is 278 g/mol. The van der Waals surface area contributed by atoms with Crippen molar-refractivity contribution in [2.75, 3.05) is 5.73 Å². The van der Waals surface area contributed by atoms with Crippen molar-refractivity contribution in [3.05, 3.63) is 60.2 Å². The van der Waals surface area contributed by atoms with Gasteiger partial charge in [0.05, 0.1) is 4.90 Å². The van der Waals surface area contributed by atoms with Gasteiger partial charge in [-0.3, -0.25) is 10.2 Å². The van der Waals surface area contributed by atoms with Gasteiger partial charge in [-0.2, -0.15) is 0 Å². The van der Waals surface area contributed by atoms with Crippen molar-refractivity contribution in [1.82, 2.24) is 10.3 Å². The van der Waals surface area contributed by atoms with Crippen LogP contribution in [0.15, 0.2) is 59.5 Å². The zero-order valence-electron chi connectivity index (χ0n) is 10.4. The van der Waals surface area contributed by atoms with Crippen LogP contribution in [0.2, 0.25) is 0 Å². The van der Waals surface area contributed by atoms with Gasteiger partial charge >= 0.3 is 0 Å². The fraction of sp³-hybridized carbons (Fsp3) is 0. The predicted octanol–water partition coefficient (Wildman–Crippen LogP) is 0.892. The minimum Gasteiger partial charge on any atom is -0.399 e. The first kappa shape index (κ1) is 14.0. The van der Waals surface area contributed by atoms with Crippen LogP contribution in [0, 0.1) is 0 Å². The number of benzene rings is 2. The van der Waals surface area contributed by atoms with Crippen LogP contribution in [0.25, 0.3) is 0 Å². The van der Waals surface area contributed by atoms with Gasteiger partial charge in [-0.1, -0.05) is 18.2 Å². The average Bonchev–Trinajstić information content (AvgIpc) is 2.46. The second kappa shape index (κ2) is 5.72. The molecule has 0 bridgehead atoms. The van der Waals surface area contributed by atoms with E-state index in [4.69, 9.17) is 5.73 Å². The molecule has 0 heterocycles. The fourth-order valence-electron chi connectivity index (χ4n) is 1.48. The number of hydrogen-bond acceptors (Lipinski definition) is 4. The summed E-state index contributed by atoms with van der Waals surface area (Å²) in [5.74, 6) is -0.565. The third-order valence-corrected chi connectivity index (χ3v) is 3.79. The molecule has 0 atom stereocenters. The maximum Gasteiger partial charge on any atom is 0.266 e. The summed E-state index contributed by atoms with van der Waals surface area (Å²) in [6.07, 6.45) is 0. The summed E-state index contributed by atoms with van der Waals surface area (Å²) in [5, 5.41) is 0. The number of nitrogens with two attached hydrogens (primary N) is 1. The molecule has 4 N–H and O–H groups in total. The topological polar surface area (TPSA) is 101 Å². The molecule has 0 saturated heterocycles. The van der Waals surface area contributed by atoms with Crippen molar-refractivity contribution in [3.8, 4) is 0 Å². The Morgan fingerprint density at radius 3 is 2.15 bits per heavy atom. The van der Waals surface area contributed by atoms with Crippen LogP contribution in [0.5, 0.6) is 0 Å². The average molecular weight is 291 g/mol. The highest BCUT2D eigenvalue weighted by Crippen LogP contribution is 2.07. The van der Waals surface area contributed by atoms with Crippen molar-refractivity contribution in [3.63, 3.8) is 0 Å². The van der Waals surface area contributed by atoms with E-state index in [2.05, 4.69) is 5.43 Å². The molecule has 0 aromatic heterocycles. The zero-order valence-corrected chi connectivity index (χ0v) is 11.2. The van der Waals surface area contributed by atoms with Gasteiger partial charge in [0.25, 0.3) is 15.9 Å². The van der Waals surface area contributed by atoms with Gasteiger partial charge in [-0.15, -0.1) is 4.83 Å². The predicted molar refractivity (Wildman–Crippen MR) is 75.1 cm³/mol. The SMILES string of the molecule is Nc1ccc(C(=O)NNS(=O)(=O)c2ccccc2)cc1. The molecule has 20 heavy (non-hydrogen) atoms. The Bertz CT molecular complexity index is 697. The lowest BCUT2D eigenvalue weighted by atomic mass is 10.2. The normalized spacial score (nSPS) is 11.0. The van der Waals surface area contributed by atoms with Crippen LogP contribution in [0.3, 0.4) is 0 Å². The quantitative estimate of drug-likeness (QED) is 0.575. The number of sulfonamides is 1. The number of hydrazine groups is 1. The first-order valence-electron chi connectivity index (χ1n) is 5.72. The van der Waals surface area contributed by atoms with E-state index in [0.717, 1.165) is 0 Å². The lowest BCUT2D eigenvalue weighted by molar-refractivity contribution is 0.0945. The molecular formula is C13H13N3O3S. The Labute approximate surface area is 116 Å². The Kier molecular flexibility index (Phi) is 4.02. The number of anilines is 1. The summed E-state index contributed by atoms with van der Waals surface area (Å²) in [4.78, 5) is 13.9. The van der Waals surface area contributed by atoms with E-state index in [-0.39, 0.29) is 4.90 Å². The molecule has 1 amide bonds. The van der Waals surface area contributed by atoms with Gasteiger partial charge in [0.15, 0.2) is 0 Å². The number of rotatable bonds is 4. The molecule has 0 fully saturated rings. The van der Waals surface area contributed by atoms with Crippen LogP contribution in [-0.2, 0) is 10.0 Å². The lowest BCUT2D eigenvalue weighted by Crippen LogP contribution is -2.41. The summed E-state index contributed by atoms with van der Waals surface area (Å²) in [6.45, 7) is 0. The molecule has 2 aromatic carbocycles. The summed E-state index contributed by atoms with van der Waals surface area (Å²) in [5.41, 5.74) is 8.46. The number of carbonyl (C=O) groups excluding carboxylic acids is 1. The van der Waals surface area contributed by atoms with E-state index in [1.165, 1.54) is 24.3 Å². The molecule has 0 unspecified atom stereocenters. The molecule has 2 aromatic rings. The van der Waals surface area contributed by atoms with Crippen molar-refractivity contribution in [2.45, 2.75) is 4.90 Å². The second-order valence-electron chi connectivity index (χ2n) is 3.99. The van der Waals surface area contributed by atoms with Crippen molar-refractivity contribution in [2.24, 2.45) is 0 Å². The highest BCUT2D eigenvalue weighted by molar-refractivity contribution is 7.89. The minimum absolute atomic E-state index is 0.0672. The number of amides is 1. The van der Waals surface area contributed by atoms with E-state index in [9.17, 15) is 13.2 Å². The maximum atomic E-state index is 11.9. The van der Waals surface area contributed by atoms with Crippen molar-refractivity contribution in [1.29, 1.82) is 0 Å². The number of nitrogen functional groups attached to an aromatic ring is 1. The zero-order chi connectivity index (χ0) is 14.6. The molecule has 0 aliphatic rings. The highest BCUT2D eigenvalue weighted by Gasteiger charge is 2.14. The molecule has 0 radical (unpaired) electrons. The molecule has 104 valence electrons. The molecule has 0 aliphatic carbocycles.